The second-order valence-corrected chi connectivity index (χ2v) is 3.33. The molecule has 0 heterocycles. The van der Waals surface area contributed by atoms with Crippen LogP contribution in [0.25, 0.3) is 6.08 Å². The molecule has 86 valence electrons. The molecule has 4 heteroatoms. The molecule has 0 spiro atoms. The first kappa shape index (κ1) is 12.4. The van der Waals surface area contributed by atoms with Crippen molar-refractivity contribution in [2.75, 3.05) is 0 Å². The normalized spacial score (nSPS) is 11.7. The summed E-state index contributed by atoms with van der Waals surface area (Å²) in [4.78, 5) is 11.0. The van der Waals surface area contributed by atoms with Gasteiger partial charge in [-0.25, -0.2) is 0 Å². The topological polar surface area (TPSA) is 26.3 Å². The van der Waals surface area contributed by atoms with E-state index in [0.717, 1.165) is 5.56 Å². The third-order valence-electron chi connectivity index (χ3n) is 2.04. The lowest BCUT2D eigenvalue weighted by Gasteiger charge is -2.04. The lowest BCUT2D eigenvalue weighted by atomic mass is 10.1. The number of alkyl halides is 2. The van der Waals surface area contributed by atoms with Crippen LogP contribution in [0.3, 0.4) is 0 Å². The molecule has 0 bridgehead atoms. The number of hydrogen-bond donors (Lipinski definition) is 0. The Morgan fingerprint density at radius 3 is 2.25 bits per heavy atom. The maximum absolute atomic E-state index is 11.9. The zero-order chi connectivity index (χ0) is 12.1. The van der Waals surface area contributed by atoms with E-state index in [2.05, 4.69) is 4.74 Å². The zero-order valence-corrected chi connectivity index (χ0v) is 9.04. The van der Waals surface area contributed by atoms with Crippen LogP contribution >= 0.6 is 0 Å². The minimum atomic E-state index is -2.82. The molecule has 0 saturated carbocycles. The fraction of sp³-hybridized carbons (Fsp3) is 0.250. The van der Waals surface area contributed by atoms with Crippen molar-refractivity contribution in [3.05, 3.63) is 35.4 Å². The van der Waals surface area contributed by atoms with E-state index in [4.69, 9.17) is 0 Å². The van der Waals surface area contributed by atoms with Crippen molar-refractivity contribution in [3.8, 4) is 5.75 Å². The molecule has 16 heavy (non-hydrogen) atoms. The van der Waals surface area contributed by atoms with Crippen molar-refractivity contribution >= 4 is 11.9 Å². The van der Waals surface area contributed by atoms with Crippen LogP contribution in [0, 0.1) is 0 Å². The molecule has 2 nitrogen and oxygen atoms in total. The van der Waals surface area contributed by atoms with Gasteiger partial charge in [-0.15, -0.1) is 0 Å². The number of benzene rings is 1. The molecule has 0 N–H and O–H groups in total. The van der Waals surface area contributed by atoms with Crippen molar-refractivity contribution < 1.29 is 18.3 Å². The van der Waals surface area contributed by atoms with Crippen LogP contribution in [0.1, 0.15) is 19.4 Å². The SMILES string of the molecule is CC(=O)/C(C)=C/c1ccc(OC(F)F)cc1. The summed E-state index contributed by atoms with van der Waals surface area (Å²) in [6, 6.07) is 6.10. The Kier molecular flexibility index (Phi) is 4.17. The summed E-state index contributed by atoms with van der Waals surface area (Å²) in [5, 5.41) is 0. The molecular weight excluding hydrogens is 214 g/mol. The van der Waals surface area contributed by atoms with Crippen LogP contribution in [0.2, 0.25) is 0 Å². The van der Waals surface area contributed by atoms with Crippen LogP contribution in [0.5, 0.6) is 5.75 Å². The largest absolute Gasteiger partial charge is 0.435 e. The number of halogens is 2. The third kappa shape index (κ3) is 3.81. The van der Waals surface area contributed by atoms with Crippen LogP contribution in [0.4, 0.5) is 8.78 Å². The van der Waals surface area contributed by atoms with Crippen molar-refractivity contribution in [1.29, 1.82) is 0 Å². The molecule has 0 atom stereocenters. The van der Waals surface area contributed by atoms with Crippen LogP contribution in [-0.2, 0) is 4.79 Å². The summed E-state index contributed by atoms with van der Waals surface area (Å²) >= 11 is 0. The minimum Gasteiger partial charge on any atom is -0.435 e. The fourth-order valence-corrected chi connectivity index (χ4v) is 1.10. The van der Waals surface area contributed by atoms with Gasteiger partial charge in [0.15, 0.2) is 5.78 Å². The van der Waals surface area contributed by atoms with Gasteiger partial charge in [-0.1, -0.05) is 12.1 Å². The standard InChI is InChI=1S/C12H12F2O2/c1-8(9(2)15)7-10-3-5-11(6-4-10)16-12(13)14/h3-7,12H,1-2H3/b8-7+. The summed E-state index contributed by atoms with van der Waals surface area (Å²) in [5.74, 6) is 0.0838. The fourth-order valence-electron chi connectivity index (χ4n) is 1.10. The van der Waals surface area contributed by atoms with E-state index in [9.17, 15) is 13.6 Å². The first-order chi connectivity index (χ1) is 7.49. The highest BCUT2D eigenvalue weighted by molar-refractivity contribution is 5.97. The first-order valence-corrected chi connectivity index (χ1v) is 4.73. The van der Waals surface area contributed by atoms with E-state index in [1.807, 2.05) is 0 Å². The highest BCUT2D eigenvalue weighted by atomic mass is 19.3. The quantitative estimate of drug-likeness (QED) is 0.736. The van der Waals surface area contributed by atoms with E-state index in [1.54, 1.807) is 25.1 Å². The average molecular weight is 226 g/mol. The number of ether oxygens (including phenoxy) is 1. The Labute approximate surface area is 92.5 Å². The summed E-state index contributed by atoms with van der Waals surface area (Å²) in [7, 11) is 0. The van der Waals surface area contributed by atoms with E-state index in [1.165, 1.54) is 19.1 Å². The molecule has 1 aromatic rings. The molecule has 1 rings (SSSR count). The molecule has 0 aliphatic heterocycles. The van der Waals surface area contributed by atoms with Gasteiger partial charge in [0.2, 0.25) is 0 Å². The summed E-state index contributed by atoms with van der Waals surface area (Å²) in [5.41, 5.74) is 1.39. The van der Waals surface area contributed by atoms with Gasteiger partial charge in [-0.3, -0.25) is 4.79 Å². The molecule has 0 amide bonds. The van der Waals surface area contributed by atoms with E-state index in [-0.39, 0.29) is 11.5 Å². The highest BCUT2D eigenvalue weighted by Crippen LogP contribution is 2.16. The number of rotatable bonds is 4. The molecule has 0 radical (unpaired) electrons. The van der Waals surface area contributed by atoms with Crippen molar-refractivity contribution in [2.24, 2.45) is 0 Å². The number of hydrogen-bond acceptors (Lipinski definition) is 2. The Morgan fingerprint density at radius 1 is 1.25 bits per heavy atom. The average Bonchev–Trinajstić information content (AvgIpc) is 2.20. The van der Waals surface area contributed by atoms with Gasteiger partial charge < -0.3 is 4.74 Å². The summed E-state index contributed by atoms with van der Waals surface area (Å²) < 4.78 is 27.9. The van der Waals surface area contributed by atoms with Gasteiger partial charge in [0.1, 0.15) is 5.75 Å². The third-order valence-corrected chi connectivity index (χ3v) is 2.04. The minimum absolute atomic E-state index is 0.0205. The molecular formula is C12H12F2O2. The van der Waals surface area contributed by atoms with Crippen LogP contribution in [-0.4, -0.2) is 12.4 Å². The number of carbonyl (C=O) groups is 1. The van der Waals surface area contributed by atoms with Crippen molar-refractivity contribution in [3.63, 3.8) is 0 Å². The molecule has 0 unspecified atom stereocenters. The first-order valence-electron chi connectivity index (χ1n) is 4.73. The maximum Gasteiger partial charge on any atom is 0.387 e. The van der Waals surface area contributed by atoms with Gasteiger partial charge >= 0.3 is 6.61 Å². The monoisotopic (exact) mass is 226 g/mol. The van der Waals surface area contributed by atoms with Crippen LogP contribution < -0.4 is 4.74 Å². The van der Waals surface area contributed by atoms with Gasteiger partial charge in [0.25, 0.3) is 0 Å². The molecule has 0 aromatic heterocycles. The number of carbonyl (C=O) groups excluding carboxylic acids is 1. The molecule has 0 saturated heterocycles. The molecule has 0 aliphatic carbocycles. The number of ketones is 1. The van der Waals surface area contributed by atoms with Crippen molar-refractivity contribution in [1.82, 2.24) is 0 Å². The Morgan fingerprint density at radius 2 is 1.81 bits per heavy atom. The predicted octanol–water partition coefficient (Wildman–Crippen LogP) is 3.28. The molecule has 1 aromatic carbocycles. The van der Waals surface area contributed by atoms with E-state index in [0.29, 0.717) is 5.57 Å². The maximum atomic E-state index is 11.9. The van der Waals surface area contributed by atoms with Gasteiger partial charge in [-0.05, 0) is 43.2 Å². The van der Waals surface area contributed by atoms with Gasteiger partial charge in [0, 0.05) is 0 Å². The smallest absolute Gasteiger partial charge is 0.387 e. The Balaban J connectivity index is 2.79. The second-order valence-electron chi connectivity index (χ2n) is 3.33. The van der Waals surface area contributed by atoms with E-state index >= 15 is 0 Å². The Hall–Kier alpha value is -1.71. The zero-order valence-electron chi connectivity index (χ0n) is 9.04. The van der Waals surface area contributed by atoms with Crippen molar-refractivity contribution in [2.45, 2.75) is 20.5 Å². The molecule has 0 fully saturated rings. The number of allylic oxidation sites excluding steroid dienone is 1. The van der Waals surface area contributed by atoms with Crippen LogP contribution in [0.15, 0.2) is 29.8 Å². The lowest BCUT2D eigenvalue weighted by Crippen LogP contribution is -2.01. The number of Topliss-reactive ketones (excluding diaryl/α,β-unsaturated/α-hetero) is 1. The summed E-state index contributed by atoms with van der Waals surface area (Å²) in [6.45, 7) is 0.354. The molecule has 0 aliphatic rings. The van der Waals surface area contributed by atoms with Gasteiger partial charge in [-0.2, -0.15) is 8.78 Å². The second kappa shape index (κ2) is 5.39. The Bertz CT molecular complexity index is 394. The lowest BCUT2D eigenvalue weighted by molar-refractivity contribution is -0.113. The predicted molar refractivity (Wildman–Crippen MR) is 57.4 cm³/mol. The summed E-state index contributed by atoms with van der Waals surface area (Å²) in [6.07, 6.45) is 1.69. The van der Waals surface area contributed by atoms with E-state index < -0.39 is 6.61 Å². The van der Waals surface area contributed by atoms with Gasteiger partial charge in [0.05, 0.1) is 0 Å². The highest BCUT2D eigenvalue weighted by Gasteiger charge is 2.03.